The van der Waals surface area contributed by atoms with E-state index in [-0.39, 0.29) is 0 Å². The van der Waals surface area contributed by atoms with Gasteiger partial charge in [0.15, 0.2) is 0 Å². The summed E-state index contributed by atoms with van der Waals surface area (Å²) in [5.74, 6) is 0. The Kier molecular flexibility index (Phi) is 2.19. The Morgan fingerprint density at radius 3 is 2.94 bits per heavy atom. The summed E-state index contributed by atoms with van der Waals surface area (Å²) in [4.78, 5) is 3.22. The second-order valence-corrected chi connectivity index (χ2v) is 4.52. The lowest BCUT2D eigenvalue weighted by molar-refractivity contribution is 0.960. The monoisotopic (exact) mass is 230 g/mol. The van der Waals surface area contributed by atoms with E-state index in [0.29, 0.717) is 6.54 Å². The van der Waals surface area contributed by atoms with Gasteiger partial charge in [-0.3, -0.25) is 0 Å². The van der Waals surface area contributed by atoms with Gasteiger partial charge in [0, 0.05) is 29.2 Å². The predicted octanol–water partition coefficient (Wildman–Crippen LogP) is 2.15. The van der Waals surface area contributed by atoms with Crippen LogP contribution in [0.5, 0.6) is 0 Å². The summed E-state index contributed by atoms with van der Waals surface area (Å²) in [6, 6.07) is 8.15. The van der Waals surface area contributed by atoms with Gasteiger partial charge in [-0.1, -0.05) is 29.5 Å². The standard InChI is InChI=1S/C11H10N4S/c12-5-10-14-15-11(16-10)8-6-13-9-4-2-1-3-7(8)9/h1-4,6,13H,5,12H2. The van der Waals surface area contributed by atoms with Gasteiger partial charge in [-0.15, -0.1) is 10.2 Å². The fourth-order valence-corrected chi connectivity index (χ4v) is 2.44. The van der Waals surface area contributed by atoms with Crippen LogP contribution in [0.15, 0.2) is 30.5 Å². The van der Waals surface area contributed by atoms with Crippen LogP contribution < -0.4 is 5.73 Å². The molecule has 0 aliphatic rings. The van der Waals surface area contributed by atoms with Gasteiger partial charge in [0.05, 0.1) is 0 Å². The molecule has 0 spiro atoms. The normalized spacial score (nSPS) is 11.1. The number of nitrogens with zero attached hydrogens (tertiary/aromatic N) is 2. The van der Waals surface area contributed by atoms with Gasteiger partial charge in [-0.25, -0.2) is 0 Å². The zero-order valence-electron chi connectivity index (χ0n) is 8.47. The molecule has 0 amide bonds. The molecule has 0 bridgehead atoms. The van der Waals surface area contributed by atoms with E-state index in [2.05, 4.69) is 21.2 Å². The number of benzene rings is 1. The average Bonchev–Trinajstić information content (AvgIpc) is 2.94. The first-order valence-electron chi connectivity index (χ1n) is 4.97. The highest BCUT2D eigenvalue weighted by atomic mass is 32.1. The van der Waals surface area contributed by atoms with E-state index >= 15 is 0 Å². The average molecular weight is 230 g/mol. The number of para-hydroxylation sites is 1. The Labute approximate surface area is 96.1 Å². The van der Waals surface area contributed by atoms with E-state index in [9.17, 15) is 0 Å². The number of nitrogens with two attached hydrogens (primary N) is 1. The largest absolute Gasteiger partial charge is 0.360 e. The molecule has 16 heavy (non-hydrogen) atoms. The number of fused-ring (bicyclic) bond motifs is 1. The summed E-state index contributed by atoms with van der Waals surface area (Å²) in [7, 11) is 0. The Bertz CT molecular complexity index is 625. The number of nitrogens with one attached hydrogen (secondary N) is 1. The number of hydrogen-bond donors (Lipinski definition) is 2. The fourth-order valence-electron chi connectivity index (χ4n) is 1.69. The van der Waals surface area contributed by atoms with Crippen molar-refractivity contribution in [2.24, 2.45) is 5.73 Å². The lowest BCUT2D eigenvalue weighted by atomic mass is 10.2. The molecule has 3 aromatic rings. The molecule has 2 heterocycles. The highest BCUT2D eigenvalue weighted by Gasteiger charge is 2.10. The van der Waals surface area contributed by atoms with Gasteiger partial charge in [0.2, 0.25) is 0 Å². The number of aromatic nitrogens is 3. The van der Waals surface area contributed by atoms with Gasteiger partial charge < -0.3 is 10.7 Å². The van der Waals surface area contributed by atoms with Gasteiger partial charge in [0.25, 0.3) is 0 Å². The lowest BCUT2D eigenvalue weighted by Crippen LogP contribution is -1.94. The maximum absolute atomic E-state index is 5.53. The van der Waals surface area contributed by atoms with Crippen molar-refractivity contribution in [2.75, 3.05) is 0 Å². The molecule has 0 aliphatic carbocycles. The third kappa shape index (κ3) is 1.41. The minimum absolute atomic E-state index is 0.444. The van der Waals surface area contributed by atoms with Crippen molar-refractivity contribution < 1.29 is 0 Å². The zero-order valence-corrected chi connectivity index (χ0v) is 9.29. The van der Waals surface area contributed by atoms with E-state index in [4.69, 9.17) is 5.73 Å². The molecule has 0 unspecified atom stereocenters. The van der Waals surface area contributed by atoms with Crippen molar-refractivity contribution in [3.05, 3.63) is 35.5 Å². The van der Waals surface area contributed by atoms with Gasteiger partial charge >= 0.3 is 0 Å². The van der Waals surface area contributed by atoms with Crippen molar-refractivity contribution in [2.45, 2.75) is 6.54 Å². The molecule has 0 saturated carbocycles. The maximum atomic E-state index is 5.53. The first-order chi connectivity index (χ1) is 7.88. The summed E-state index contributed by atoms with van der Waals surface area (Å²) in [6.07, 6.45) is 1.96. The Morgan fingerprint density at radius 2 is 2.12 bits per heavy atom. The molecular weight excluding hydrogens is 220 g/mol. The summed E-state index contributed by atoms with van der Waals surface area (Å²) in [5.41, 5.74) is 7.73. The minimum Gasteiger partial charge on any atom is -0.360 e. The third-order valence-electron chi connectivity index (χ3n) is 2.46. The van der Waals surface area contributed by atoms with Crippen LogP contribution in [0.2, 0.25) is 0 Å². The molecular formula is C11H10N4S. The first-order valence-corrected chi connectivity index (χ1v) is 5.79. The molecule has 4 nitrogen and oxygen atoms in total. The highest BCUT2D eigenvalue weighted by Crippen LogP contribution is 2.30. The van der Waals surface area contributed by atoms with Gasteiger partial charge in [-0.2, -0.15) is 0 Å². The molecule has 80 valence electrons. The number of hydrogen-bond acceptors (Lipinski definition) is 4. The summed E-state index contributed by atoms with van der Waals surface area (Å²) in [5, 5.41) is 11.1. The molecule has 0 aliphatic heterocycles. The van der Waals surface area contributed by atoms with Crippen molar-refractivity contribution in [3.8, 4) is 10.6 Å². The molecule has 1 aromatic carbocycles. The first kappa shape index (κ1) is 9.50. The maximum Gasteiger partial charge on any atom is 0.149 e. The topological polar surface area (TPSA) is 67.6 Å². The summed E-state index contributed by atoms with van der Waals surface area (Å²) >= 11 is 1.54. The van der Waals surface area contributed by atoms with Crippen LogP contribution in [-0.4, -0.2) is 15.2 Å². The van der Waals surface area contributed by atoms with Crippen LogP contribution >= 0.6 is 11.3 Å². The zero-order chi connectivity index (χ0) is 11.0. The Hall–Kier alpha value is -1.72. The van der Waals surface area contributed by atoms with E-state index in [1.54, 1.807) is 0 Å². The molecule has 3 N–H and O–H groups in total. The van der Waals surface area contributed by atoms with Crippen LogP contribution in [0.25, 0.3) is 21.5 Å². The second-order valence-electron chi connectivity index (χ2n) is 3.45. The Morgan fingerprint density at radius 1 is 1.25 bits per heavy atom. The van der Waals surface area contributed by atoms with Gasteiger partial charge in [-0.05, 0) is 6.07 Å². The van der Waals surface area contributed by atoms with Crippen molar-refractivity contribution in [1.29, 1.82) is 0 Å². The summed E-state index contributed by atoms with van der Waals surface area (Å²) in [6.45, 7) is 0.444. The molecule has 0 atom stereocenters. The number of rotatable bonds is 2. The summed E-state index contributed by atoms with van der Waals surface area (Å²) < 4.78 is 0. The van der Waals surface area contributed by atoms with E-state index in [1.807, 2.05) is 24.4 Å². The van der Waals surface area contributed by atoms with Crippen LogP contribution in [0.1, 0.15) is 5.01 Å². The molecule has 0 radical (unpaired) electrons. The van der Waals surface area contributed by atoms with Crippen LogP contribution in [0, 0.1) is 0 Å². The third-order valence-corrected chi connectivity index (χ3v) is 3.44. The number of aromatic amines is 1. The predicted molar refractivity (Wildman–Crippen MR) is 65.1 cm³/mol. The fraction of sp³-hybridized carbons (Fsp3) is 0.0909. The molecule has 0 saturated heterocycles. The quantitative estimate of drug-likeness (QED) is 0.708. The minimum atomic E-state index is 0.444. The SMILES string of the molecule is NCc1nnc(-c2c[nH]c3ccccc23)s1. The van der Waals surface area contributed by atoms with Crippen molar-refractivity contribution in [3.63, 3.8) is 0 Å². The van der Waals surface area contributed by atoms with E-state index < -0.39 is 0 Å². The van der Waals surface area contributed by atoms with Crippen molar-refractivity contribution in [1.82, 2.24) is 15.2 Å². The molecule has 3 rings (SSSR count). The lowest BCUT2D eigenvalue weighted by Gasteiger charge is -1.91. The number of H-pyrrole nitrogens is 1. The van der Waals surface area contributed by atoms with E-state index in [1.165, 1.54) is 16.7 Å². The van der Waals surface area contributed by atoms with Crippen LogP contribution in [-0.2, 0) is 6.54 Å². The highest BCUT2D eigenvalue weighted by molar-refractivity contribution is 7.14. The molecule has 5 heteroatoms. The molecule has 0 fully saturated rings. The second kappa shape index (κ2) is 3.70. The van der Waals surface area contributed by atoms with Gasteiger partial charge in [0.1, 0.15) is 10.0 Å². The van der Waals surface area contributed by atoms with Crippen molar-refractivity contribution >= 4 is 22.2 Å². The molecule has 2 aromatic heterocycles. The van der Waals surface area contributed by atoms with E-state index in [0.717, 1.165) is 21.1 Å². The van der Waals surface area contributed by atoms with Crippen LogP contribution in [0.4, 0.5) is 0 Å². The smallest absolute Gasteiger partial charge is 0.149 e. The Balaban J connectivity index is 2.18. The van der Waals surface area contributed by atoms with Crippen LogP contribution in [0.3, 0.4) is 0 Å².